The van der Waals surface area contributed by atoms with Crippen molar-refractivity contribution in [3.05, 3.63) is 0 Å². The van der Waals surface area contributed by atoms with Crippen LogP contribution in [-0.2, 0) is 9.59 Å². The van der Waals surface area contributed by atoms with E-state index in [0.29, 0.717) is 19.3 Å². The molecular formula is C14H22N2O3. The Morgan fingerprint density at radius 1 is 1.21 bits per heavy atom. The summed E-state index contributed by atoms with van der Waals surface area (Å²) in [7, 11) is 0. The van der Waals surface area contributed by atoms with Crippen LogP contribution in [0.1, 0.15) is 52.9 Å². The number of barbiturate groups is 1. The molecule has 19 heavy (non-hydrogen) atoms. The van der Waals surface area contributed by atoms with E-state index >= 15 is 0 Å². The topological polar surface area (TPSA) is 66.5 Å². The first-order valence-electron chi connectivity index (χ1n) is 7.13. The first-order valence-corrected chi connectivity index (χ1v) is 7.13. The Morgan fingerprint density at radius 3 is 2.26 bits per heavy atom. The third kappa shape index (κ3) is 2.05. The molecule has 5 heteroatoms. The number of nitrogens with zero attached hydrogens (tertiary/aromatic N) is 1. The van der Waals surface area contributed by atoms with E-state index in [4.69, 9.17) is 0 Å². The lowest BCUT2D eigenvalue weighted by Crippen LogP contribution is -2.66. The van der Waals surface area contributed by atoms with Gasteiger partial charge in [-0.15, -0.1) is 0 Å². The molecule has 2 rings (SSSR count). The molecular weight excluding hydrogens is 244 g/mol. The molecule has 1 heterocycles. The Kier molecular flexibility index (Phi) is 3.65. The smallest absolute Gasteiger partial charge is 0.277 e. The molecule has 106 valence electrons. The van der Waals surface area contributed by atoms with Crippen LogP contribution in [-0.4, -0.2) is 28.8 Å². The number of amides is 4. The number of carbonyl (C=O) groups is 3. The highest BCUT2D eigenvalue weighted by molar-refractivity contribution is 6.19. The molecule has 1 N–H and O–H groups in total. The van der Waals surface area contributed by atoms with Crippen molar-refractivity contribution >= 4 is 17.8 Å². The van der Waals surface area contributed by atoms with E-state index in [9.17, 15) is 14.4 Å². The highest BCUT2D eigenvalue weighted by Crippen LogP contribution is 2.42. The second kappa shape index (κ2) is 4.94. The van der Waals surface area contributed by atoms with Crippen molar-refractivity contribution in [2.24, 2.45) is 11.3 Å². The number of urea groups is 1. The van der Waals surface area contributed by atoms with Crippen molar-refractivity contribution in [2.45, 2.75) is 58.9 Å². The van der Waals surface area contributed by atoms with Crippen LogP contribution in [0, 0.1) is 11.3 Å². The summed E-state index contributed by atoms with van der Waals surface area (Å²) in [6, 6.07) is -0.689. The lowest BCUT2D eigenvalue weighted by Gasteiger charge is -2.41. The number of hydrogen-bond acceptors (Lipinski definition) is 3. The van der Waals surface area contributed by atoms with Gasteiger partial charge in [-0.3, -0.25) is 19.8 Å². The minimum absolute atomic E-state index is 0.141. The summed E-state index contributed by atoms with van der Waals surface area (Å²) in [5.41, 5.74) is -0.976. The Morgan fingerprint density at radius 2 is 1.79 bits per heavy atom. The predicted molar refractivity (Wildman–Crippen MR) is 70.2 cm³/mol. The molecule has 0 aromatic carbocycles. The van der Waals surface area contributed by atoms with Crippen molar-refractivity contribution in [3.8, 4) is 0 Å². The monoisotopic (exact) mass is 266 g/mol. The van der Waals surface area contributed by atoms with Crippen LogP contribution < -0.4 is 5.32 Å². The number of rotatable bonds is 3. The molecule has 0 radical (unpaired) electrons. The molecule has 5 nitrogen and oxygen atoms in total. The van der Waals surface area contributed by atoms with Gasteiger partial charge in [0.05, 0.1) is 0 Å². The van der Waals surface area contributed by atoms with Crippen LogP contribution in [0.25, 0.3) is 0 Å². The van der Waals surface area contributed by atoms with E-state index in [2.05, 4.69) is 5.32 Å². The maximum atomic E-state index is 12.7. The molecule has 1 spiro atoms. The molecule has 0 aromatic rings. The zero-order valence-electron chi connectivity index (χ0n) is 11.9. The second-order valence-corrected chi connectivity index (χ2v) is 5.94. The van der Waals surface area contributed by atoms with Gasteiger partial charge in [0.25, 0.3) is 0 Å². The summed E-state index contributed by atoms with van der Waals surface area (Å²) < 4.78 is 0. The van der Waals surface area contributed by atoms with Gasteiger partial charge in [-0.2, -0.15) is 0 Å². The standard InChI is InChI=1S/C14H22N2O3/c1-4-10(9(2)3)16-12(18)14(7-5-6-8-14)11(17)15-13(16)19/h9-10H,4-8H2,1-3H3,(H,15,17,19). The summed E-state index contributed by atoms with van der Waals surface area (Å²) in [4.78, 5) is 38.1. The third-order valence-electron chi connectivity index (χ3n) is 4.48. The highest BCUT2D eigenvalue weighted by atomic mass is 16.2. The van der Waals surface area contributed by atoms with Gasteiger partial charge in [0, 0.05) is 6.04 Å². The van der Waals surface area contributed by atoms with Gasteiger partial charge in [-0.25, -0.2) is 4.79 Å². The zero-order chi connectivity index (χ0) is 14.2. The van der Waals surface area contributed by atoms with Gasteiger partial charge >= 0.3 is 6.03 Å². The Hall–Kier alpha value is -1.39. The van der Waals surface area contributed by atoms with E-state index in [0.717, 1.165) is 12.8 Å². The molecule has 2 aliphatic rings. The molecule has 2 fully saturated rings. The van der Waals surface area contributed by atoms with E-state index in [-0.39, 0.29) is 17.9 Å². The molecule has 1 aliphatic heterocycles. The minimum atomic E-state index is -0.976. The van der Waals surface area contributed by atoms with Crippen molar-refractivity contribution in [2.75, 3.05) is 0 Å². The average molecular weight is 266 g/mol. The predicted octanol–water partition coefficient (Wildman–Crippen LogP) is 2.06. The van der Waals surface area contributed by atoms with Crippen molar-refractivity contribution < 1.29 is 14.4 Å². The van der Waals surface area contributed by atoms with Crippen molar-refractivity contribution in [1.29, 1.82) is 0 Å². The first kappa shape index (κ1) is 14.0. The van der Waals surface area contributed by atoms with Crippen LogP contribution in [0.5, 0.6) is 0 Å². The number of hydrogen-bond donors (Lipinski definition) is 1. The Balaban J connectivity index is 2.36. The van der Waals surface area contributed by atoms with Gasteiger partial charge in [-0.05, 0) is 25.2 Å². The van der Waals surface area contributed by atoms with Crippen LogP contribution in [0.2, 0.25) is 0 Å². The van der Waals surface area contributed by atoms with Gasteiger partial charge in [0.2, 0.25) is 11.8 Å². The number of nitrogens with one attached hydrogen (secondary N) is 1. The summed E-state index contributed by atoms with van der Waals surface area (Å²) in [6.07, 6.45) is 3.59. The molecule has 1 unspecified atom stereocenters. The molecule has 1 saturated heterocycles. The second-order valence-electron chi connectivity index (χ2n) is 5.94. The van der Waals surface area contributed by atoms with E-state index in [1.54, 1.807) is 0 Å². The highest BCUT2D eigenvalue weighted by Gasteiger charge is 2.56. The van der Waals surface area contributed by atoms with Gasteiger partial charge in [0.1, 0.15) is 5.41 Å². The Bertz CT molecular complexity index is 411. The lowest BCUT2D eigenvalue weighted by atomic mass is 9.81. The van der Waals surface area contributed by atoms with E-state index in [1.807, 2.05) is 20.8 Å². The zero-order valence-corrected chi connectivity index (χ0v) is 11.9. The fourth-order valence-corrected chi connectivity index (χ4v) is 3.37. The largest absolute Gasteiger partial charge is 0.331 e. The van der Waals surface area contributed by atoms with Gasteiger partial charge in [0.15, 0.2) is 0 Å². The molecule has 1 aliphatic carbocycles. The fourth-order valence-electron chi connectivity index (χ4n) is 3.37. The Labute approximate surface area is 113 Å². The van der Waals surface area contributed by atoms with E-state index < -0.39 is 17.4 Å². The van der Waals surface area contributed by atoms with E-state index in [1.165, 1.54) is 4.90 Å². The summed E-state index contributed by atoms with van der Waals surface area (Å²) in [6.45, 7) is 5.95. The molecule has 0 aromatic heterocycles. The summed E-state index contributed by atoms with van der Waals surface area (Å²) in [5, 5.41) is 2.39. The number of imide groups is 2. The summed E-state index contributed by atoms with van der Waals surface area (Å²) in [5.74, 6) is -0.486. The lowest BCUT2D eigenvalue weighted by molar-refractivity contribution is -0.153. The van der Waals surface area contributed by atoms with Crippen LogP contribution in [0.15, 0.2) is 0 Å². The molecule has 4 amide bonds. The van der Waals surface area contributed by atoms with Crippen molar-refractivity contribution in [3.63, 3.8) is 0 Å². The molecule has 0 bridgehead atoms. The fraction of sp³-hybridized carbons (Fsp3) is 0.786. The molecule has 1 atom stereocenters. The van der Waals surface area contributed by atoms with Crippen LogP contribution in [0.4, 0.5) is 4.79 Å². The quantitative estimate of drug-likeness (QED) is 0.795. The maximum absolute atomic E-state index is 12.7. The first-order chi connectivity index (χ1) is 8.94. The third-order valence-corrected chi connectivity index (χ3v) is 4.48. The van der Waals surface area contributed by atoms with Gasteiger partial charge in [-0.1, -0.05) is 33.6 Å². The minimum Gasteiger partial charge on any atom is -0.277 e. The normalized spacial score (nSPS) is 24.2. The maximum Gasteiger partial charge on any atom is 0.331 e. The van der Waals surface area contributed by atoms with Crippen molar-refractivity contribution in [1.82, 2.24) is 10.2 Å². The summed E-state index contributed by atoms with van der Waals surface area (Å²) >= 11 is 0. The number of carbonyl (C=O) groups excluding carboxylic acids is 3. The molecule has 1 saturated carbocycles. The van der Waals surface area contributed by atoms with Crippen LogP contribution >= 0.6 is 0 Å². The van der Waals surface area contributed by atoms with Gasteiger partial charge < -0.3 is 0 Å². The SMILES string of the molecule is CCC(C(C)C)N1C(=O)NC(=O)C2(CCCC2)C1=O. The average Bonchev–Trinajstić information content (AvgIpc) is 2.82. The van der Waals surface area contributed by atoms with Crippen LogP contribution in [0.3, 0.4) is 0 Å².